The van der Waals surface area contributed by atoms with Gasteiger partial charge in [-0.1, -0.05) is 19.8 Å². The van der Waals surface area contributed by atoms with Crippen molar-refractivity contribution >= 4 is 17.7 Å². The Labute approximate surface area is 174 Å². The molecule has 2 aliphatic rings. The maximum absolute atomic E-state index is 12.8. The second kappa shape index (κ2) is 8.81. The molecule has 0 spiro atoms. The van der Waals surface area contributed by atoms with E-state index in [2.05, 4.69) is 10.2 Å². The number of imide groups is 1. The Bertz CT molecular complexity index is 882. The fourth-order valence-corrected chi connectivity index (χ4v) is 4.36. The number of furan rings is 1. The van der Waals surface area contributed by atoms with Crippen molar-refractivity contribution in [3.63, 3.8) is 0 Å². The molecular weight excluding hydrogens is 388 g/mol. The molecule has 0 radical (unpaired) electrons. The van der Waals surface area contributed by atoms with E-state index in [0.29, 0.717) is 18.2 Å². The van der Waals surface area contributed by atoms with Crippen molar-refractivity contribution in [1.82, 2.24) is 20.0 Å². The molecule has 1 aliphatic carbocycles. The number of hydrogen-bond donors (Lipinski definition) is 0. The molecule has 0 aromatic carbocycles. The molecule has 0 unspecified atom stereocenters. The minimum atomic E-state index is -0.188. The predicted molar refractivity (Wildman–Crippen MR) is 104 cm³/mol. The van der Waals surface area contributed by atoms with Crippen LogP contribution < -0.4 is 0 Å². The highest BCUT2D eigenvalue weighted by Crippen LogP contribution is 2.38. The summed E-state index contributed by atoms with van der Waals surface area (Å²) in [7, 11) is 0. The maximum atomic E-state index is 12.8. The monoisotopic (exact) mass is 414 g/mol. The van der Waals surface area contributed by atoms with Crippen LogP contribution in [0.5, 0.6) is 0 Å². The lowest BCUT2D eigenvalue weighted by atomic mass is 9.81. The summed E-state index contributed by atoms with van der Waals surface area (Å²) in [4.78, 5) is 40.9. The zero-order chi connectivity index (χ0) is 21.1. The van der Waals surface area contributed by atoms with Gasteiger partial charge in [0, 0.05) is 19.5 Å². The van der Waals surface area contributed by atoms with E-state index in [0.717, 1.165) is 32.1 Å². The summed E-state index contributed by atoms with van der Waals surface area (Å²) in [5.74, 6) is 0.286. The molecule has 1 saturated carbocycles. The fourth-order valence-electron chi connectivity index (χ4n) is 4.36. The Hall–Kier alpha value is -2.97. The van der Waals surface area contributed by atoms with Gasteiger partial charge in [0.25, 0.3) is 5.89 Å². The minimum absolute atomic E-state index is 0.0934. The number of rotatable bonds is 8. The molecule has 1 saturated heterocycles. The van der Waals surface area contributed by atoms with Crippen molar-refractivity contribution in [3.8, 4) is 11.7 Å². The van der Waals surface area contributed by atoms with Gasteiger partial charge >= 0.3 is 0 Å². The Morgan fingerprint density at radius 2 is 1.93 bits per heavy atom. The minimum Gasteiger partial charge on any atom is -0.459 e. The lowest BCUT2D eigenvalue weighted by Gasteiger charge is -2.22. The molecule has 2 aromatic rings. The molecule has 2 atom stereocenters. The third-order valence-corrected chi connectivity index (χ3v) is 5.85. The van der Waals surface area contributed by atoms with E-state index in [1.807, 2.05) is 6.92 Å². The summed E-state index contributed by atoms with van der Waals surface area (Å²) in [5.41, 5.74) is 0. The average molecular weight is 414 g/mol. The largest absolute Gasteiger partial charge is 0.459 e. The molecule has 30 heavy (non-hydrogen) atoms. The average Bonchev–Trinajstić information content (AvgIpc) is 3.48. The Balaban J connectivity index is 1.37. The third-order valence-electron chi connectivity index (χ3n) is 5.85. The summed E-state index contributed by atoms with van der Waals surface area (Å²) in [5, 5.41) is 7.95. The Morgan fingerprint density at radius 3 is 2.57 bits per heavy atom. The topological polar surface area (TPSA) is 110 Å². The van der Waals surface area contributed by atoms with Gasteiger partial charge in [-0.3, -0.25) is 19.3 Å². The van der Waals surface area contributed by atoms with E-state index in [1.165, 1.54) is 11.2 Å². The van der Waals surface area contributed by atoms with Crippen LogP contribution in [0.4, 0.5) is 0 Å². The van der Waals surface area contributed by atoms with Crippen LogP contribution in [-0.4, -0.2) is 50.8 Å². The summed E-state index contributed by atoms with van der Waals surface area (Å²) >= 11 is 0. The molecule has 9 nitrogen and oxygen atoms in total. The van der Waals surface area contributed by atoms with Crippen LogP contribution in [0.3, 0.4) is 0 Å². The predicted octanol–water partition coefficient (Wildman–Crippen LogP) is 2.63. The quantitative estimate of drug-likeness (QED) is 0.611. The lowest BCUT2D eigenvalue weighted by Crippen LogP contribution is -2.37. The lowest BCUT2D eigenvalue weighted by molar-refractivity contribution is -0.141. The number of hydrogen-bond acceptors (Lipinski definition) is 7. The van der Waals surface area contributed by atoms with E-state index in [9.17, 15) is 14.4 Å². The SMILES string of the molecule is CCCN(Cc1nnc(-c2ccco2)o1)C(=O)CCN1C(=O)[C@H]2CCCC[C@H]2C1=O. The number of fused-ring (bicyclic) bond motifs is 1. The number of aromatic nitrogens is 2. The smallest absolute Gasteiger partial charge is 0.283 e. The maximum Gasteiger partial charge on any atom is 0.283 e. The van der Waals surface area contributed by atoms with Gasteiger partial charge in [0.2, 0.25) is 23.6 Å². The Kier molecular flexibility index (Phi) is 5.96. The first-order chi connectivity index (χ1) is 14.6. The van der Waals surface area contributed by atoms with E-state index in [-0.39, 0.29) is 55.0 Å². The first kappa shape index (κ1) is 20.3. The molecule has 9 heteroatoms. The number of likely N-dealkylation sites (tertiary alicyclic amines) is 1. The molecule has 1 aliphatic heterocycles. The molecule has 160 valence electrons. The molecule has 0 N–H and O–H groups in total. The Morgan fingerprint density at radius 1 is 1.20 bits per heavy atom. The second-order valence-electron chi connectivity index (χ2n) is 7.87. The van der Waals surface area contributed by atoms with E-state index < -0.39 is 0 Å². The van der Waals surface area contributed by atoms with E-state index in [4.69, 9.17) is 8.83 Å². The van der Waals surface area contributed by atoms with Gasteiger partial charge in [0.05, 0.1) is 24.6 Å². The molecule has 4 rings (SSSR count). The van der Waals surface area contributed by atoms with E-state index >= 15 is 0 Å². The van der Waals surface area contributed by atoms with Gasteiger partial charge in [0.1, 0.15) is 0 Å². The second-order valence-corrected chi connectivity index (χ2v) is 7.87. The highest BCUT2D eigenvalue weighted by molar-refractivity contribution is 6.05. The molecule has 0 bridgehead atoms. The summed E-state index contributed by atoms with van der Waals surface area (Å²) in [6.45, 7) is 2.80. The van der Waals surface area contributed by atoms with Crippen molar-refractivity contribution in [3.05, 3.63) is 24.3 Å². The standard InChI is InChI=1S/C21H26N4O5/c1-2-10-24(13-17-22-23-19(30-17)16-8-5-12-29-16)18(26)9-11-25-20(27)14-6-3-4-7-15(14)21(25)28/h5,8,12,14-15H,2-4,6-7,9-11,13H2,1H3/t14-,15+. The van der Waals surface area contributed by atoms with Crippen LogP contribution in [0.1, 0.15) is 51.3 Å². The first-order valence-corrected chi connectivity index (χ1v) is 10.6. The molecule has 3 heterocycles. The zero-order valence-electron chi connectivity index (χ0n) is 17.1. The van der Waals surface area contributed by atoms with Gasteiger partial charge < -0.3 is 13.7 Å². The fraction of sp³-hybridized carbons (Fsp3) is 0.571. The van der Waals surface area contributed by atoms with Crippen molar-refractivity contribution in [2.24, 2.45) is 11.8 Å². The van der Waals surface area contributed by atoms with Crippen LogP contribution in [0.2, 0.25) is 0 Å². The van der Waals surface area contributed by atoms with Crippen LogP contribution in [0.15, 0.2) is 27.2 Å². The van der Waals surface area contributed by atoms with Gasteiger partial charge in [-0.15, -0.1) is 10.2 Å². The molecule has 3 amide bonds. The van der Waals surface area contributed by atoms with E-state index in [1.54, 1.807) is 17.0 Å². The highest BCUT2D eigenvalue weighted by atomic mass is 16.4. The van der Waals surface area contributed by atoms with Gasteiger partial charge in [-0.25, -0.2) is 0 Å². The highest BCUT2D eigenvalue weighted by Gasteiger charge is 2.47. The number of amides is 3. The molecule has 2 aromatic heterocycles. The summed E-state index contributed by atoms with van der Waals surface area (Å²) in [6, 6.07) is 3.44. The van der Waals surface area contributed by atoms with Crippen LogP contribution in [0, 0.1) is 11.8 Å². The third kappa shape index (κ3) is 4.01. The number of carbonyl (C=O) groups excluding carboxylic acids is 3. The number of nitrogens with zero attached hydrogens (tertiary/aromatic N) is 4. The van der Waals surface area contributed by atoms with Gasteiger partial charge in [-0.2, -0.15) is 0 Å². The van der Waals surface area contributed by atoms with Crippen molar-refractivity contribution in [2.45, 2.75) is 52.0 Å². The first-order valence-electron chi connectivity index (χ1n) is 10.6. The van der Waals surface area contributed by atoms with Crippen molar-refractivity contribution < 1.29 is 23.2 Å². The zero-order valence-corrected chi connectivity index (χ0v) is 17.1. The van der Waals surface area contributed by atoms with Gasteiger partial charge in [0.15, 0.2) is 5.76 Å². The van der Waals surface area contributed by atoms with Crippen LogP contribution in [0.25, 0.3) is 11.7 Å². The number of carbonyl (C=O) groups is 3. The summed E-state index contributed by atoms with van der Waals surface area (Å²) < 4.78 is 10.8. The van der Waals surface area contributed by atoms with Crippen molar-refractivity contribution in [1.29, 1.82) is 0 Å². The molecular formula is C21H26N4O5. The van der Waals surface area contributed by atoms with Crippen molar-refractivity contribution in [2.75, 3.05) is 13.1 Å². The van der Waals surface area contributed by atoms with Crippen LogP contribution >= 0.6 is 0 Å². The normalized spacial score (nSPS) is 21.2. The molecule has 2 fully saturated rings. The van der Waals surface area contributed by atoms with Crippen LogP contribution in [-0.2, 0) is 20.9 Å². The van der Waals surface area contributed by atoms with Gasteiger partial charge in [-0.05, 0) is 31.4 Å². The summed E-state index contributed by atoms with van der Waals surface area (Å²) in [6.07, 6.45) is 5.90.